The fourth-order valence-corrected chi connectivity index (χ4v) is 4.67. The summed E-state index contributed by atoms with van der Waals surface area (Å²) in [5.74, 6) is 1.66. The Morgan fingerprint density at radius 1 is 1.29 bits per heavy atom. The maximum Gasteiger partial charge on any atom is 0.183 e. The van der Waals surface area contributed by atoms with Crippen molar-refractivity contribution in [1.29, 1.82) is 0 Å². The van der Waals surface area contributed by atoms with E-state index in [0.717, 1.165) is 49.8 Å². The second kappa shape index (κ2) is 5.13. The molecule has 1 saturated heterocycles. The number of nitrogens with two attached hydrogens (primary N) is 1. The summed E-state index contributed by atoms with van der Waals surface area (Å²) in [5, 5.41) is 16.7. The molecule has 0 radical (unpaired) electrons. The zero-order chi connectivity index (χ0) is 16.2. The molecule has 3 N–H and O–H groups in total. The highest BCUT2D eigenvalue weighted by Crippen LogP contribution is 2.73. The van der Waals surface area contributed by atoms with Crippen molar-refractivity contribution in [2.45, 2.75) is 44.6 Å². The number of nitrogens with zero attached hydrogens (tertiary/aromatic N) is 4. The molecule has 2 saturated carbocycles. The summed E-state index contributed by atoms with van der Waals surface area (Å²) in [4.78, 5) is 0. The van der Waals surface area contributed by atoms with Crippen molar-refractivity contribution in [3.63, 3.8) is 0 Å². The van der Waals surface area contributed by atoms with Gasteiger partial charge in [0.25, 0.3) is 0 Å². The number of rotatable bonds is 5. The Labute approximate surface area is 141 Å². The Kier molecular flexibility index (Phi) is 3.12. The van der Waals surface area contributed by atoms with Gasteiger partial charge < -0.3 is 15.8 Å². The van der Waals surface area contributed by atoms with Crippen molar-refractivity contribution in [2.75, 3.05) is 25.0 Å². The summed E-state index contributed by atoms with van der Waals surface area (Å²) in [6.07, 6.45) is 7.37. The van der Waals surface area contributed by atoms with Gasteiger partial charge >= 0.3 is 0 Å². The highest BCUT2D eigenvalue weighted by Gasteiger charge is 2.68. The van der Waals surface area contributed by atoms with Crippen LogP contribution in [0.25, 0.3) is 5.65 Å². The van der Waals surface area contributed by atoms with Crippen LogP contribution in [0.4, 0.5) is 5.82 Å². The van der Waals surface area contributed by atoms with Crippen molar-refractivity contribution >= 4 is 11.5 Å². The summed E-state index contributed by atoms with van der Waals surface area (Å²) in [6.45, 7) is 2.45. The second-order valence-corrected chi connectivity index (χ2v) is 7.70. The Hall–Kier alpha value is -1.73. The molecule has 2 unspecified atom stereocenters. The highest BCUT2D eigenvalue weighted by atomic mass is 16.5. The minimum Gasteiger partial charge on any atom is -0.370 e. The van der Waals surface area contributed by atoms with Gasteiger partial charge in [-0.15, -0.1) is 15.3 Å². The Balaban J connectivity index is 1.36. The molecular formula is C17H24N6O. The normalized spacial score (nSPS) is 30.6. The van der Waals surface area contributed by atoms with Crippen LogP contribution < -0.4 is 11.1 Å². The lowest BCUT2D eigenvalue weighted by Gasteiger charge is -2.32. The molecule has 7 heteroatoms. The molecule has 2 atom stereocenters. The van der Waals surface area contributed by atoms with Crippen molar-refractivity contribution < 1.29 is 4.74 Å². The standard InChI is InChI=1S/C17H24N6O/c18-10-17(9-16(17)6-2-7-16)11-19-13-4-5-14-20-21-15(23(14)22-13)12-3-1-8-24-12/h4-5,12H,1-3,6-11,18H2,(H,19,22). The largest absolute Gasteiger partial charge is 0.370 e. The van der Waals surface area contributed by atoms with E-state index in [9.17, 15) is 0 Å². The summed E-state index contributed by atoms with van der Waals surface area (Å²) < 4.78 is 7.56. The molecule has 3 fully saturated rings. The van der Waals surface area contributed by atoms with Crippen molar-refractivity contribution in [3.8, 4) is 0 Å². The number of anilines is 1. The number of ether oxygens (including phenoxy) is 1. The number of hydrogen-bond acceptors (Lipinski definition) is 6. The van der Waals surface area contributed by atoms with Crippen LogP contribution in [0.3, 0.4) is 0 Å². The van der Waals surface area contributed by atoms with Crippen LogP contribution in [-0.2, 0) is 4.74 Å². The monoisotopic (exact) mass is 328 g/mol. The molecule has 1 spiro atoms. The fourth-order valence-electron chi connectivity index (χ4n) is 4.67. The lowest BCUT2D eigenvalue weighted by atomic mass is 9.75. The highest BCUT2D eigenvalue weighted by molar-refractivity contribution is 5.44. The van der Waals surface area contributed by atoms with Crippen LogP contribution in [0.5, 0.6) is 0 Å². The summed E-state index contributed by atoms with van der Waals surface area (Å²) in [7, 11) is 0. The van der Waals surface area contributed by atoms with Gasteiger partial charge in [0.1, 0.15) is 11.9 Å². The van der Waals surface area contributed by atoms with E-state index in [2.05, 4.69) is 15.5 Å². The molecule has 2 aliphatic carbocycles. The average molecular weight is 328 g/mol. The van der Waals surface area contributed by atoms with Gasteiger partial charge in [-0.3, -0.25) is 0 Å². The molecule has 0 amide bonds. The molecule has 24 heavy (non-hydrogen) atoms. The van der Waals surface area contributed by atoms with Gasteiger partial charge in [0.2, 0.25) is 0 Å². The third-order valence-corrected chi connectivity index (χ3v) is 6.49. The maximum atomic E-state index is 6.10. The first-order chi connectivity index (χ1) is 11.8. The van der Waals surface area contributed by atoms with Crippen LogP contribution in [-0.4, -0.2) is 39.5 Å². The molecular weight excluding hydrogens is 304 g/mol. The maximum absolute atomic E-state index is 6.10. The molecule has 0 aromatic carbocycles. The van der Waals surface area contributed by atoms with Crippen LogP contribution >= 0.6 is 0 Å². The first-order valence-corrected chi connectivity index (χ1v) is 9.03. The third kappa shape index (κ3) is 2.01. The molecule has 128 valence electrons. The van der Waals surface area contributed by atoms with Gasteiger partial charge in [-0.05, 0) is 49.7 Å². The summed E-state index contributed by atoms with van der Waals surface area (Å²) >= 11 is 0. The smallest absolute Gasteiger partial charge is 0.183 e. The molecule has 2 aromatic rings. The van der Waals surface area contributed by atoms with E-state index in [1.165, 1.54) is 25.7 Å². The van der Waals surface area contributed by atoms with Gasteiger partial charge in [0, 0.05) is 25.1 Å². The van der Waals surface area contributed by atoms with Crippen molar-refractivity contribution in [2.24, 2.45) is 16.6 Å². The van der Waals surface area contributed by atoms with Crippen LogP contribution in [0.2, 0.25) is 0 Å². The first-order valence-electron chi connectivity index (χ1n) is 9.03. The Morgan fingerprint density at radius 3 is 2.88 bits per heavy atom. The van der Waals surface area contributed by atoms with Crippen molar-refractivity contribution in [1.82, 2.24) is 19.8 Å². The predicted octanol–water partition coefficient (Wildman–Crippen LogP) is 1.91. The Morgan fingerprint density at radius 2 is 2.21 bits per heavy atom. The van der Waals surface area contributed by atoms with E-state index >= 15 is 0 Å². The lowest BCUT2D eigenvalue weighted by Crippen LogP contribution is -2.34. The van der Waals surface area contributed by atoms with Gasteiger partial charge in [0.05, 0.1) is 0 Å². The number of nitrogens with one attached hydrogen (secondary N) is 1. The molecule has 7 nitrogen and oxygen atoms in total. The molecule has 5 rings (SSSR count). The molecule has 1 aliphatic heterocycles. The van der Waals surface area contributed by atoms with E-state index in [0.29, 0.717) is 5.41 Å². The SMILES string of the molecule is NCC1(CNc2ccc3nnc(C4CCCO4)n3n2)CC12CCC2. The zero-order valence-electron chi connectivity index (χ0n) is 13.9. The van der Waals surface area contributed by atoms with Crippen LogP contribution in [0.1, 0.15) is 50.5 Å². The predicted molar refractivity (Wildman–Crippen MR) is 89.6 cm³/mol. The molecule has 0 bridgehead atoms. The van der Waals surface area contributed by atoms with Crippen LogP contribution in [0, 0.1) is 10.8 Å². The molecule has 3 heterocycles. The van der Waals surface area contributed by atoms with Gasteiger partial charge in [-0.1, -0.05) is 6.42 Å². The van der Waals surface area contributed by atoms with E-state index in [4.69, 9.17) is 15.6 Å². The first kappa shape index (κ1) is 14.6. The van der Waals surface area contributed by atoms with E-state index in [1.54, 1.807) is 0 Å². The van der Waals surface area contributed by atoms with E-state index in [1.807, 2.05) is 16.6 Å². The number of aromatic nitrogens is 4. The molecule has 3 aliphatic rings. The van der Waals surface area contributed by atoms with Gasteiger partial charge in [-0.25, -0.2) is 0 Å². The summed E-state index contributed by atoms with van der Waals surface area (Å²) in [6, 6.07) is 3.94. The van der Waals surface area contributed by atoms with E-state index < -0.39 is 0 Å². The lowest BCUT2D eigenvalue weighted by molar-refractivity contribution is 0.103. The minimum atomic E-state index is 0.0137. The number of fused-ring (bicyclic) bond motifs is 1. The average Bonchev–Trinajstić information content (AvgIpc) is 2.91. The number of hydrogen-bond donors (Lipinski definition) is 2. The Bertz CT molecular complexity index is 764. The second-order valence-electron chi connectivity index (χ2n) is 7.70. The topological polar surface area (TPSA) is 90.4 Å². The summed E-state index contributed by atoms with van der Waals surface area (Å²) in [5.41, 5.74) is 7.66. The fraction of sp³-hybridized carbons (Fsp3) is 0.706. The van der Waals surface area contributed by atoms with Crippen LogP contribution in [0.15, 0.2) is 12.1 Å². The van der Waals surface area contributed by atoms with Gasteiger partial charge in [0.15, 0.2) is 11.5 Å². The minimum absolute atomic E-state index is 0.0137. The van der Waals surface area contributed by atoms with E-state index in [-0.39, 0.29) is 11.5 Å². The quantitative estimate of drug-likeness (QED) is 0.871. The van der Waals surface area contributed by atoms with Crippen molar-refractivity contribution in [3.05, 3.63) is 18.0 Å². The third-order valence-electron chi connectivity index (χ3n) is 6.49. The molecule has 2 aromatic heterocycles. The van der Waals surface area contributed by atoms with Gasteiger partial charge in [-0.2, -0.15) is 4.52 Å². The zero-order valence-corrected chi connectivity index (χ0v) is 13.9.